The maximum atomic E-state index is 3.65. The Morgan fingerprint density at radius 1 is 0.846 bits per heavy atom. The number of hydrogen-bond donors (Lipinski definition) is 0. The van der Waals surface area contributed by atoms with Crippen LogP contribution in [-0.2, 0) is 0 Å². The van der Waals surface area contributed by atoms with Gasteiger partial charge in [0.1, 0.15) is 0 Å². The van der Waals surface area contributed by atoms with E-state index in [2.05, 4.69) is 23.8 Å². The van der Waals surface area contributed by atoms with Gasteiger partial charge in [0.2, 0.25) is 0 Å². The molecule has 0 spiro atoms. The third-order valence-corrected chi connectivity index (χ3v) is 0.531. The molecule has 0 aliphatic carbocycles. The fraction of sp³-hybridized carbons (Fsp3) is 0.250. The molecule has 5 heteroatoms. The molecule has 0 aromatic rings. The first-order valence-corrected chi connectivity index (χ1v) is 2.89. The van der Waals surface area contributed by atoms with Gasteiger partial charge in [0.25, 0.3) is 0 Å². The van der Waals surface area contributed by atoms with E-state index in [-0.39, 0.29) is 58.0 Å². The third kappa shape index (κ3) is 66.8. The Bertz CT molecular complexity index is 98.8. The molecule has 0 atom stereocenters. The minimum Gasteiger partial charge on any atom is -1.00 e. The standard InChI is InChI=1S/C4H8N2.C4H6.3Li.H/c1-5-3-4-6-2;1-3-4-2;;;;/h3-4H,1-2H3;3-4H,1-2H2;;;;/q-2;;3*+1;-1/b4-3-;;;;;. The van der Waals surface area contributed by atoms with Crippen LogP contribution < -0.4 is 56.6 Å². The van der Waals surface area contributed by atoms with E-state index in [0.717, 1.165) is 0 Å². The topological polar surface area (TPSA) is 28.2 Å². The second kappa shape index (κ2) is 38.9. The van der Waals surface area contributed by atoms with Crippen molar-refractivity contribution in [3.05, 3.63) is 48.3 Å². The zero-order valence-corrected chi connectivity index (χ0v) is 9.62. The smallest absolute Gasteiger partial charge is 1.00 e. The summed E-state index contributed by atoms with van der Waals surface area (Å²) < 4.78 is 0. The van der Waals surface area contributed by atoms with E-state index in [1.807, 2.05) is 0 Å². The Hall–Kier alpha value is 0.612. The van der Waals surface area contributed by atoms with Crippen LogP contribution in [0.2, 0.25) is 0 Å². The van der Waals surface area contributed by atoms with Gasteiger partial charge in [-0.05, 0) is 0 Å². The van der Waals surface area contributed by atoms with E-state index in [0.29, 0.717) is 0 Å². The Morgan fingerprint density at radius 2 is 1.08 bits per heavy atom. The molecule has 13 heavy (non-hydrogen) atoms. The first-order valence-electron chi connectivity index (χ1n) is 2.89. The Balaban J connectivity index is -0.0000000185. The number of rotatable bonds is 3. The van der Waals surface area contributed by atoms with Crippen LogP contribution in [0.1, 0.15) is 1.43 Å². The van der Waals surface area contributed by atoms with Gasteiger partial charge in [-0.3, -0.25) is 0 Å². The average Bonchev–Trinajstić information content (AvgIpc) is 2.01. The molecule has 60 valence electrons. The molecule has 0 N–H and O–H groups in total. The van der Waals surface area contributed by atoms with Gasteiger partial charge < -0.3 is 12.1 Å². The van der Waals surface area contributed by atoms with Crippen molar-refractivity contribution in [1.29, 1.82) is 0 Å². The Morgan fingerprint density at radius 3 is 1.15 bits per heavy atom. The van der Waals surface area contributed by atoms with Gasteiger partial charge in [0.15, 0.2) is 0 Å². The minimum absolute atomic E-state index is 0. The summed E-state index contributed by atoms with van der Waals surface area (Å²) in [6.45, 7) is 6.72. The second-order valence-corrected chi connectivity index (χ2v) is 1.29. The van der Waals surface area contributed by atoms with Gasteiger partial charge in [0, 0.05) is 0 Å². The first-order chi connectivity index (χ1) is 4.83. The molecule has 0 saturated carbocycles. The van der Waals surface area contributed by atoms with Crippen molar-refractivity contribution in [1.82, 2.24) is 0 Å². The molecule has 0 amide bonds. The summed E-state index contributed by atoms with van der Waals surface area (Å²) in [5, 5.41) is 7.30. The van der Waals surface area contributed by atoms with Gasteiger partial charge in [-0.25, -0.2) is 12.4 Å². The summed E-state index contributed by atoms with van der Waals surface area (Å²) in [5.41, 5.74) is 0. The normalized spacial score (nSPS) is 5.69. The average molecular weight is 160 g/mol. The first kappa shape index (κ1) is 29.2. The van der Waals surface area contributed by atoms with Gasteiger partial charge in [-0.15, -0.1) is 14.1 Å². The Kier molecular flexibility index (Phi) is 87.4. The molecular weight excluding hydrogens is 145 g/mol. The summed E-state index contributed by atoms with van der Waals surface area (Å²) in [6, 6.07) is 0. The van der Waals surface area contributed by atoms with Crippen LogP contribution in [0.15, 0.2) is 37.7 Å². The largest absolute Gasteiger partial charge is 1.00 e. The van der Waals surface area contributed by atoms with Crippen LogP contribution in [0.5, 0.6) is 0 Å². The van der Waals surface area contributed by atoms with Gasteiger partial charge in [-0.2, -0.15) is 0 Å². The Labute approximate surface area is 120 Å². The number of allylic oxidation sites excluding steroid dienone is 2. The van der Waals surface area contributed by atoms with Gasteiger partial charge in [0.05, 0.1) is 0 Å². The van der Waals surface area contributed by atoms with Crippen LogP contribution in [0.25, 0.3) is 10.6 Å². The van der Waals surface area contributed by atoms with Crippen molar-refractivity contribution in [3.63, 3.8) is 0 Å². The van der Waals surface area contributed by atoms with Crippen molar-refractivity contribution in [3.8, 4) is 0 Å². The van der Waals surface area contributed by atoms with Crippen molar-refractivity contribution >= 4 is 0 Å². The molecule has 0 fully saturated rings. The number of nitrogens with zero attached hydrogens (tertiary/aromatic N) is 2. The van der Waals surface area contributed by atoms with E-state index in [4.69, 9.17) is 0 Å². The predicted molar refractivity (Wildman–Crippen MR) is 49.2 cm³/mol. The van der Waals surface area contributed by atoms with E-state index >= 15 is 0 Å². The van der Waals surface area contributed by atoms with Gasteiger partial charge >= 0.3 is 56.6 Å². The minimum atomic E-state index is 0. The van der Waals surface area contributed by atoms with Crippen molar-refractivity contribution in [2.24, 2.45) is 0 Å². The molecule has 0 aliphatic heterocycles. The van der Waals surface area contributed by atoms with E-state index < -0.39 is 0 Å². The maximum absolute atomic E-state index is 3.65. The molecule has 0 radical (unpaired) electrons. The summed E-state index contributed by atoms with van der Waals surface area (Å²) >= 11 is 0. The third-order valence-electron chi connectivity index (χ3n) is 0.531. The summed E-state index contributed by atoms with van der Waals surface area (Å²) in [5.74, 6) is 0. The fourth-order valence-electron chi connectivity index (χ4n) is 0.133. The zero-order chi connectivity index (χ0) is 8.24. The molecule has 0 saturated heterocycles. The maximum Gasteiger partial charge on any atom is 1.00 e. The van der Waals surface area contributed by atoms with Gasteiger partial charge in [-0.1, -0.05) is 25.3 Å². The zero-order valence-electron chi connectivity index (χ0n) is 10.6. The summed E-state index contributed by atoms with van der Waals surface area (Å²) in [7, 11) is 3.42. The fourth-order valence-corrected chi connectivity index (χ4v) is 0.133. The summed E-state index contributed by atoms with van der Waals surface area (Å²) in [6.07, 6.45) is 6.56. The molecule has 0 rings (SSSR count). The van der Waals surface area contributed by atoms with E-state index in [1.165, 1.54) is 0 Å². The van der Waals surface area contributed by atoms with Crippen LogP contribution in [0.3, 0.4) is 0 Å². The molecule has 0 bridgehead atoms. The monoisotopic (exact) mass is 160 g/mol. The quantitative estimate of drug-likeness (QED) is 0.290. The van der Waals surface area contributed by atoms with Crippen LogP contribution in [-0.4, -0.2) is 14.1 Å². The molecule has 0 aromatic carbocycles. The van der Waals surface area contributed by atoms with Crippen molar-refractivity contribution in [2.45, 2.75) is 0 Å². The van der Waals surface area contributed by atoms with E-state index in [9.17, 15) is 0 Å². The van der Waals surface area contributed by atoms with Crippen molar-refractivity contribution in [2.75, 3.05) is 14.1 Å². The molecule has 2 nitrogen and oxygen atoms in total. The molecule has 0 aliphatic rings. The van der Waals surface area contributed by atoms with E-state index in [1.54, 1.807) is 38.6 Å². The second-order valence-electron chi connectivity index (χ2n) is 1.29. The van der Waals surface area contributed by atoms with Crippen molar-refractivity contribution < 1.29 is 58.0 Å². The molecule has 0 heterocycles. The molecule has 0 aromatic heterocycles. The predicted octanol–water partition coefficient (Wildman–Crippen LogP) is -6.05. The number of hydrogen-bond acceptors (Lipinski definition) is 0. The van der Waals surface area contributed by atoms with Crippen LogP contribution in [0.4, 0.5) is 0 Å². The van der Waals surface area contributed by atoms with Crippen LogP contribution >= 0.6 is 0 Å². The molecule has 0 unspecified atom stereocenters. The van der Waals surface area contributed by atoms with Crippen LogP contribution in [0, 0.1) is 0 Å². The summed E-state index contributed by atoms with van der Waals surface area (Å²) in [4.78, 5) is 0. The molecular formula is C8H15Li3N2. The SMILES string of the molecule is C=CC=C.C[N-]/C=C\[N-]C.[H-].[Li+].[Li+].[Li+].